The van der Waals surface area contributed by atoms with E-state index in [1.165, 1.54) is 0 Å². The fourth-order valence-electron chi connectivity index (χ4n) is 0.250. The van der Waals surface area contributed by atoms with Crippen LogP contribution < -0.4 is 0 Å². The summed E-state index contributed by atoms with van der Waals surface area (Å²) >= 11 is 0. The molecule has 6 heteroatoms. The third-order valence-corrected chi connectivity index (χ3v) is 0.548. The molecule has 7 heavy (non-hydrogen) atoms. The summed E-state index contributed by atoms with van der Waals surface area (Å²) in [6, 6.07) is -0.653. The van der Waals surface area contributed by atoms with Crippen LogP contribution in [0.25, 0.3) is 0 Å². The molecule has 0 atom stereocenters. The van der Waals surface area contributed by atoms with Crippen LogP contribution in [-0.4, -0.2) is 13.6 Å². The molecule has 1 heterocycles. The van der Waals surface area contributed by atoms with Crippen LogP contribution in [0.4, 0.5) is 4.32 Å². The van der Waals surface area contributed by atoms with Crippen molar-refractivity contribution in [1.82, 2.24) is 0 Å². The molecule has 1 rings (SSSR count). The van der Waals surface area contributed by atoms with E-state index >= 15 is 0 Å². The summed E-state index contributed by atoms with van der Waals surface area (Å²) in [6.07, 6.45) is 0. The van der Waals surface area contributed by atoms with Gasteiger partial charge in [-0.3, -0.25) is 0 Å². The molecule has 0 aliphatic carbocycles. The Balaban J connectivity index is 2.44. The molecule has 0 aromatic heterocycles. The van der Waals surface area contributed by atoms with Crippen molar-refractivity contribution >= 4 is 7.56 Å². The van der Waals surface area contributed by atoms with Crippen LogP contribution in [0.15, 0.2) is 20.7 Å². The van der Waals surface area contributed by atoms with E-state index in [1.54, 1.807) is 0 Å². The molecule has 0 aromatic carbocycles. The monoisotopic (exact) mass is 100 g/mol. The van der Waals surface area contributed by atoms with Crippen molar-refractivity contribution in [2.75, 3.05) is 0 Å². The first kappa shape index (κ1) is 4.36. The normalized spacial score (nSPS) is 18.4. The Kier molecular flexibility index (Phi) is 1.10. The standard InChI is InChI=1S/CH2BFN4/c3-2-1-4-6-7-5-1/h1-2H. The summed E-state index contributed by atoms with van der Waals surface area (Å²) in [5.41, 5.74) is 0. The molecule has 0 saturated heterocycles. The van der Waals surface area contributed by atoms with E-state index in [4.69, 9.17) is 0 Å². The minimum atomic E-state index is -0.653. The zero-order valence-corrected chi connectivity index (χ0v) is 3.45. The van der Waals surface area contributed by atoms with Crippen LogP contribution in [-0.2, 0) is 0 Å². The second-order valence-corrected chi connectivity index (χ2v) is 1.04. The van der Waals surface area contributed by atoms with Crippen LogP contribution >= 0.6 is 0 Å². The molecule has 36 valence electrons. The van der Waals surface area contributed by atoms with Gasteiger partial charge < -0.3 is 4.32 Å². The summed E-state index contributed by atoms with van der Waals surface area (Å²) in [5, 5.41) is 12.7. The highest BCUT2D eigenvalue weighted by molar-refractivity contribution is 6.28. The molecule has 0 fully saturated rings. The van der Waals surface area contributed by atoms with E-state index in [9.17, 15) is 4.32 Å². The lowest BCUT2D eigenvalue weighted by Crippen LogP contribution is -2.01. The topological polar surface area (TPSA) is 49.4 Å². The van der Waals surface area contributed by atoms with Crippen molar-refractivity contribution in [2.45, 2.75) is 6.07 Å². The molecule has 0 aromatic rings. The van der Waals surface area contributed by atoms with Crippen LogP contribution in [0.2, 0.25) is 0 Å². The van der Waals surface area contributed by atoms with E-state index in [0.717, 1.165) is 0 Å². The predicted octanol–water partition coefficient (Wildman–Crippen LogP) is 0.424. The Morgan fingerprint density at radius 3 is 2.14 bits per heavy atom. The van der Waals surface area contributed by atoms with Gasteiger partial charge in [-0.2, -0.15) is 0 Å². The van der Waals surface area contributed by atoms with Crippen LogP contribution in [0.5, 0.6) is 0 Å². The molecular weight excluding hydrogens is 97.8 g/mol. The second-order valence-electron chi connectivity index (χ2n) is 1.04. The molecule has 0 N–H and O–H groups in total. The van der Waals surface area contributed by atoms with Gasteiger partial charge in [-0.25, -0.2) is 0 Å². The minimum absolute atomic E-state index is 0.604. The van der Waals surface area contributed by atoms with Gasteiger partial charge in [0.25, 0.3) is 0 Å². The predicted molar refractivity (Wildman–Crippen MR) is 21.8 cm³/mol. The Morgan fingerprint density at radius 2 is 1.86 bits per heavy atom. The van der Waals surface area contributed by atoms with Gasteiger partial charge in [0, 0.05) is 0 Å². The number of halogens is 1. The third kappa shape index (κ3) is 0.790. The maximum atomic E-state index is 11.4. The summed E-state index contributed by atoms with van der Waals surface area (Å²) in [5.74, 6) is 0. The molecule has 1 aliphatic rings. The molecule has 0 unspecified atom stereocenters. The zero-order valence-electron chi connectivity index (χ0n) is 3.45. The van der Waals surface area contributed by atoms with Crippen molar-refractivity contribution < 1.29 is 4.32 Å². The molecule has 0 saturated carbocycles. The van der Waals surface area contributed by atoms with E-state index in [1.807, 2.05) is 0 Å². The Labute approximate surface area is 39.8 Å². The number of hydrogen-bond acceptors (Lipinski definition) is 4. The molecule has 4 nitrogen and oxygen atoms in total. The maximum absolute atomic E-state index is 11.4. The van der Waals surface area contributed by atoms with E-state index in [-0.39, 0.29) is 0 Å². The van der Waals surface area contributed by atoms with Crippen molar-refractivity contribution in [3.8, 4) is 0 Å². The smallest absolute Gasteiger partial charge is 0.336 e. The fraction of sp³-hybridized carbons (Fsp3) is 1.00. The summed E-state index contributed by atoms with van der Waals surface area (Å²) in [7, 11) is -0.604. The molecule has 1 aliphatic heterocycles. The maximum Gasteiger partial charge on any atom is 0.386 e. The fourth-order valence-corrected chi connectivity index (χ4v) is 0.250. The average molecular weight is 99.9 g/mol. The van der Waals surface area contributed by atoms with Gasteiger partial charge in [0.05, 0.1) is 0 Å². The highest BCUT2D eigenvalue weighted by Gasteiger charge is 2.09. The SMILES string of the molecule is FBC1N=NN=N1. The Bertz CT molecular complexity index is 98.3. The van der Waals surface area contributed by atoms with Gasteiger partial charge in [0.1, 0.15) is 0 Å². The molecule has 0 spiro atoms. The van der Waals surface area contributed by atoms with Crippen LogP contribution in [0.3, 0.4) is 0 Å². The first-order chi connectivity index (χ1) is 3.43. The van der Waals surface area contributed by atoms with Crippen molar-refractivity contribution in [3.63, 3.8) is 0 Å². The van der Waals surface area contributed by atoms with Gasteiger partial charge in [-0.15, -0.1) is 10.2 Å². The molecular formula is CH2BFN4. The molecule has 0 radical (unpaired) electrons. The quantitative estimate of drug-likeness (QED) is 0.429. The number of rotatable bonds is 1. The Morgan fingerprint density at radius 1 is 1.29 bits per heavy atom. The molecule has 0 bridgehead atoms. The lowest BCUT2D eigenvalue weighted by atomic mass is 10.0. The summed E-state index contributed by atoms with van der Waals surface area (Å²) in [6.45, 7) is 0. The van der Waals surface area contributed by atoms with Crippen molar-refractivity contribution in [3.05, 3.63) is 0 Å². The van der Waals surface area contributed by atoms with E-state index in [0.29, 0.717) is 0 Å². The van der Waals surface area contributed by atoms with Gasteiger partial charge >= 0.3 is 7.56 Å². The van der Waals surface area contributed by atoms with E-state index in [2.05, 4.69) is 20.7 Å². The first-order valence-electron chi connectivity index (χ1n) is 1.79. The van der Waals surface area contributed by atoms with Gasteiger partial charge in [0.2, 0.25) is 0 Å². The van der Waals surface area contributed by atoms with Gasteiger partial charge in [0.15, 0.2) is 6.07 Å². The third-order valence-electron chi connectivity index (χ3n) is 0.548. The average Bonchev–Trinajstić information content (AvgIpc) is 2.14. The van der Waals surface area contributed by atoms with Crippen LogP contribution in [0, 0.1) is 0 Å². The lowest BCUT2D eigenvalue weighted by Gasteiger charge is -1.81. The Hall–Kier alpha value is -0.805. The molecule has 0 amide bonds. The van der Waals surface area contributed by atoms with Gasteiger partial charge in [-0.1, -0.05) is 0 Å². The second kappa shape index (κ2) is 1.77. The summed E-state index contributed by atoms with van der Waals surface area (Å²) < 4.78 is 11.4. The van der Waals surface area contributed by atoms with Crippen molar-refractivity contribution in [2.24, 2.45) is 20.7 Å². The van der Waals surface area contributed by atoms with E-state index < -0.39 is 13.6 Å². The summed E-state index contributed by atoms with van der Waals surface area (Å²) in [4.78, 5) is 0. The lowest BCUT2D eigenvalue weighted by molar-refractivity contribution is 0.792. The number of hydrogen-bond donors (Lipinski definition) is 0. The first-order valence-corrected chi connectivity index (χ1v) is 1.79. The highest BCUT2D eigenvalue weighted by atomic mass is 19.1. The van der Waals surface area contributed by atoms with Crippen LogP contribution in [0.1, 0.15) is 0 Å². The largest absolute Gasteiger partial charge is 0.386 e. The van der Waals surface area contributed by atoms with Crippen molar-refractivity contribution in [1.29, 1.82) is 0 Å². The minimum Gasteiger partial charge on any atom is -0.336 e. The zero-order chi connectivity index (χ0) is 5.11. The number of nitrogens with zero attached hydrogens (tertiary/aromatic N) is 4. The highest BCUT2D eigenvalue weighted by Crippen LogP contribution is 2.01. The van der Waals surface area contributed by atoms with Gasteiger partial charge in [-0.05, 0) is 10.4 Å².